The lowest BCUT2D eigenvalue weighted by Gasteiger charge is -2.23. The molecule has 3 rings (SSSR count). The molecule has 2 aromatic carbocycles. The maximum absolute atomic E-state index is 2.36. The van der Waals surface area contributed by atoms with E-state index in [2.05, 4.69) is 80.0 Å². The number of benzene rings is 2. The summed E-state index contributed by atoms with van der Waals surface area (Å²) in [6.07, 6.45) is 0. The SMILES string of the molecule is Cc1cc2c(cc1C)N(C)B(c1ccccc1)N2C. The van der Waals surface area contributed by atoms with Crippen LogP contribution in [0.2, 0.25) is 0 Å². The summed E-state index contributed by atoms with van der Waals surface area (Å²) in [6, 6.07) is 15.3. The Kier molecular flexibility index (Phi) is 2.77. The summed E-state index contributed by atoms with van der Waals surface area (Å²) in [6.45, 7) is 4.65. The van der Waals surface area contributed by atoms with Crippen LogP contribution in [-0.4, -0.2) is 21.1 Å². The van der Waals surface area contributed by atoms with Crippen LogP contribution >= 0.6 is 0 Å². The summed E-state index contributed by atoms with van der Waals surface area (Å²) in [7, 11) is 4.35. The molecule has 1 aliphatic rings. The molecule has 19 heavy (non-hydrogen) atoms. The normalized spacial score (nSPS) is 14.0. The van der Waals surface area contributed by atoms with Crippen molar-refractivity contribution in [1.82, 2.24) is 0 Å². The van der Waals surface area contributed by atoms with Gasteiger partial charge in [0.25, 0.3) is 0 Å². The summed E-state index contributed by atoms with van der Waals surface area (Å²) < 4.78 is 0. The number of aryl methyl sites for hydroxylation is 2. The van der Waals surface area contributed by atoms with Gasteiger partial charge in [-0.15, -0.1) is 0 Å². The second kappa shape index (κ2) is 4.34. The van der Waals surface area contributed by atoms with E-state index in [1.807, 2.05) is 0 Å². The zero-order valence-corrected chi connectivity index (χ0v) is 12.0. The third-order valence-corrected chi connectivity index (χ3v) is 4.18. The molecule has 2 aromatic rings. The average molecular weight is 250 g/mol. The van der Waals surface area contributed by atoms with Crippen LogP contribution in [0.15, 0.2) is 42.5 Å². The van der Waals surface area contributed by atoms with Gasteiger partial charge in [0.05, 0.1) is 0 Å². The van der Waals surface area contributed by atoms with Gasteiger partial charge in [0.15, 0.2) is 0 Å². The fourth-order valence-electron chi connectivity index (χ4n) is 2.95. The minimum Gasteiger partial charge on any atom is -0.393 e. The quantitative estimate of drug-likeness (QED) is 0.718. The Hall–Kier alpha value is -1.90. The minimum absolute atomic E-state index is 0.289. The van der Waals surface area contributed by atoms with Gasteiger partial charge in [0.1, 0.15) is 0 Å². The molecule has 0 fully saturated rings. The largest absolute Gasteiger partial charge is 0.411 e. The lowest BCUT2D eigenvalue weighted by molar-refractivity contribution is 1.29. The molecule has 0 atom stereocenters. The van der Waals surface area contributed by atoms with Gasteiger partial charge in [-0.2, -0.15) is 0 Å². The minimum atomic E-state index is 0.289. The molecule has 0 aromatic heterocycles. The van der Waals surface area contributed by atoms with E-state index in [9.17, 15) is 0 Å². The topological polar surface area (TPSA) is 6.48 Å². The lowest BCUT2D eigenvalue weighted by Crippen LogP contribution is -2.53. The molecular formula is C16H19BN2. The molecule has 0 bridgehead atoms. The Morgan fingerprint density at radius 1 is 0.789 bits per heavy atom. The van der Waals surface area contributed by atoms with Gasteiger partial charge in [-0.05, 0) is 56.7 Å². The van der Waals surface area contributed by atoms with Crippen LogP contribution in [0.3, 0.4) is 0 Å². The van der Waals surface area contributed by atoms with Crippen molar-refractivity contribution in [1.29, 1.82) is 0 Å². The third-order valence-electron chi connectivity index (χ3n) is 4.18. The number of rotatable bonds is 1. The lowest BCUT2D eigenvalue weighted by atomic mass is 9.66. The van der Waals surface area contributed by atoms with Crippen LogP contribution in [0.5, 0.6) is 0 Å². The summed E-state index contributed by atoms with van der Waals surface area (Å²) in [5.41, 5.74) is 6.68. The molecule has 0 saturated carbocycles. The first-order valence-corrected chi connectivity index (χ1v) is 6.71. The number of fused-ring (bicyclic) bond motifs is 1. The van der Waals surface area contributed by atoms with Gasteiger partial charge in [-0.1, -0.05) is 30.3 Å². The highest BCUT2D eigenvalue weighted by molar-refractivity contribution is 6.81. The van der Waals surface area contributed by atoms with Gasteiger partial charge >= 0.3 is 6.98 Å². The van der Waals surface area contributed by atoms with E-state index in [4.69, 9.17) is 0 Å². The van der Waals surface area contributed by atoms with E-state index in [1.165, 1.54) is 28.0 Å². The molecule has 1 heterocycles. The van der Waals surface area contributed by atoms with Crippen LogP contribution < -0.4 is 15.1 Å². The Bertz CT molecular complexity index is 575. The molecule has 0 saturated heterocycles. The van der Waals surface area contributed by atoms with Gasteiger partial charge < -0.3 is 9.62 Å². The number of hydrogen-bond donors (Lipinski definition) is 0. The molecule has 1 aliphatic heterocycles. The molecule has 0 amide bonds. The summed E-state index contributed by atoms with van der Waals surface area (Å²) >= 11 is 0. The highest BCUT2D eigenvalue weighted by atomic mass is 15.3. The average Bonchev–Trinajstić information content (AvgIpc) is 2.64. The molecule has 0 N–H and O–H groups in total. The van der Waals surface area contributed by atoms with Crippen molar-refractivity contribution in [3.63, 3.8) is 0 Å². The van der Waals surface area contributed by atoms with Crippen LogP contribution in [-0.2, 0) is 0 Å². The fraction of sp³-hybridized carbons (Fsp3) is 0.250. The highest BCUT2D eigenvalue weighted by Crippen LogP contribution is 2.37. The van der Waals surface area contributed by atoms with Gasteiger partial charge in [-0.3, -0.25) is 0 Å². The Balaban J connectivity index is 2.09. The molecule has 2 nitrogen and oxygen atoms in total. The third kappa shape index (κ3) is 1.81. The molecule has 0 radical (unpaired) electrons. The fourth-order valence-corrected chi connectivity index (χ4v) is 2.95. The van der Waals surface area contributed by atoms with Crippen molar-refractivity contribution in [2.75, 3.05) is 23.7 Å². The molecule has 3 heteroatoms. The van der Waals surface area contributed by atoms with E-state index in [0.29, 0.717) is 0 Å². The van der Waals surface area contributed by atoms with Gasteiger partial charge in [0.2, 0.25) is 0 Å². The first-order chi connectivity index (χ1) is 9.09. The summed E-state index contributed by atoms with van der Waals surface area (Å²) in [5, 5.41) is 0. The smallest absolute Gasteiger partial charge is 0.393 e. The summed E-state index contributed by atoms with van der Waals surface area (Å²) in [5.74, 6) is 0. The highest BCUT2D eigenvalue weighted by Gasteiger charge is 2.37. The zero-order chi connectivity index (χ0) is 13.6. The molecule has 0 spiro atoms. The molecule has 96 valence electrons. The van der Waals surface area contributed by atoms with Crippen LogP contribution in [0.25, 0.3) is 0 Å². The van der Waals surface area contributed by atoms with Crippen LogP contribution in [0, 0.1) is 13.8 Å². The second-order valence-electron chi connectivity index (χ2n) is 5.43. The number of hydrogen-bond acceptors (Lipinski definition) is 2. The molecular weight excluding hydrogens is 231 g/mol. The Morgan fingerprint density at radius 2 is 1.26 bits per heavy atom. The number of anilines is 2. The van der Waals surface area contributed by atoms with E-state index < -0.39 is 0 Å². The van der Waals surface area contributed by atoms with Crippen molar-refractivity contribution < 1.29 is 0 Å². The van der Waals surface area contributed by atoms with E-state index in [1.54, 1.807) is 0 Å². The Morgan fingerprint density at radius 3 is 1.74 bits per heavy atom. The van der Waals surface area contributed by atoms with Crippen molar-refractivity contribution in [2.45, 2.75) is 13.8 Å². The molecule has 0 unspecified atom stereocenters. The predicted molar refractivity (Wildman–Crippen MR) is 84.6 cm³/mol. The first kappa shape index (κ1) is 12.2. The van der Waals surface area contributed by atoms with Crippen molar-refractivity contribution in [2.24, 2.45) is 0 Å². The monoisotopic (exact) mass is 250 g/mol. The van der Waals surface area contributed by atoms with Gasteiger partial charge in [-0.25, -0.2) is 0 Å². The summed E-state index contributed by atoms with van der Waals surface area (Å²) in [4.78, 5) is 4.72. The zero-order valence-electron chi connectivity index (χ0n) is 12.0. The van der Waals surface area contributed by atoms with Crippen molar-refractivity contribution >= 4 is 23.8 Å². The van der Waals surface area contributed by atoms with Crippen LogP contribution in [0.4, 0.5) is 11.4 Å². The standard InChI is InChI=1S/C16H19BN2/c1-12-10-15-16(11-13(12)2)19(4)17(18(15)3)14-8-6-5-7-9-14/h5-11H,1-4H3. The van der Waals surface area contributed by atoms with Gasteiger partial charge in [0, 0.05) is 11.4 Å². The number of nitrogens with zero attached hydrogens (tertiary/aromatic N) is 2. The first-order valence-electron chi connectivity index (χ1n) is 6.71. The predicted octanol–water partition coefficient (Wildman–Crippen LogP) is 2.58. The second-order valence-corrected chi connectivity index (χ2v) is 5.43. The van der Waals surface area contributed by atoms with Crippen molar-refractivity contribution in [3.8, 4) is 0 Å². The maximum Gasteiger partial charge on any atom is 0.411 e. The van der Waals surface area contributed by atoms with E-state index in [0.717, 1.165) is 0 Å². The van der Waals surface area contributed by atoms with Crippen molar-refractivity contribution in [3.05, 3.63) is 53.6 Å². The van der Waals surface area contributed by atoms with Crippen LogP contribution in [0.1, 0.15) is 11.1 Å². The van der Waals surface area contributed by atoms with E-state index >= 15 is 0 Å². The maximum atomic E-state index is 2.36. The van der Waals surface area contributed by atoms with E-state index in [-0.39, 0.29) is 6.98 Å². The molecule has 0 aliphatic carbocycles. The Labute approximate surface area is 115 Å².